The van der Waals surface area contributed by atoms with Gasteiger partial charge in [-0.05, 0) is 28.9 Å². The molecular formula is C10H15IO. The van der Waals surface area contributed by atoms with Gasteiger partial charge in [-0.25, -0.2) is 0 Å². The van der Waals surface area contributed by atoms with E-state index < -0.39 is 0 Å². The molecule has 2 fully saturated rings. The summed E-state index contributed by atoms with van der Waals surface area (Å²) in [6.07, 6.45) is 7.81. The van der Waals surface area contributed by atoms with Crippen LogP contribution in [0.25, 0.3) is 0 Å². The van der Waals surface area contributed by atoms with E-state index >= 15 is 0 Å². The Balaban J connectivity index is 2.16. The fourth-order valence-corrected chi connectivity index (χ4v) is 3.30. The zero-order valence-corrected chi connectivity index (χ0v) is 9.47. The summed E-state index contributed by atoms with van der Waals surface area (Å²) in [4.78, 5) is 0. The van der Waals surface area contributed by atoms with E-state index in [0.717, 1.165) is 6.61 Å². The van der Waals surface area contributed by atoms with Gasteiger partial charge in [-0.15, -0.1) is 0 Å². The first-order valence-corrected chi connectivity index (χ1v) is 6.06. The molecule has 1 saturated carbocycles. The Morgan fingerprint density at radius 2 is 2.00 bits per heavy atom. The van der Waals surface area contributed by atoms with E-state index in [0.29, 0.717) is 0 Å². The third kappa shape index (κ3) is 1.43. The van der Waals surface area contributed by atoms with Crippen LogP contribution in [0.5, 0.6) is 0 Å². The monoisotopic (exact) mass is 278 g/mol. The Hall–Kier alpha value is 0.430. The lowest BCUT2D eigenvalue weighted by Crippen LogP contribution is -2.32. The second kappa shape index (κ2) is 3.66. The molecule has 1 nitrogen and oxygen atoms in total. The molecule has 12 heavy (non-hydrogen) atoms. The fourth-order valence-electron chi connectivity index (χ4n) is 2.42. The summed E-state index contributed by atoms with van der Waals surface area (Å²) >= 11 is 2.36. The summed E-state index contributed by atoms with van der Waals surface area (Å²) in [6, 6.07) is 0. The molecule has 1 saturated heterocycles. The van der Waals surface area contributed by atoms with Gasteiger partial charge >= 0.3 is 0 Å². The van der Waals surface area contributed by atoms with Crippen LogP contribution in [0.1, 0.15) is 38.5 Å². The minimum Gasteiger partial charge on any atom is -0.370 e. The number of hydrogen-bond donors (Lipinski definition) is 0. The highest BCUT2D eigenvalue weighted by molar-refractivity contribution is 14.1. The van der Waals surface area contributed by atoms with E-state index in [-0.39, 0.29) is 5.60 Å². The highest BCUT2D eigenvalue weighted by atomic mass is 127. The van der Waals surface area contributed by atoms with Crippen molar-refractivity contribution < 1.29 is 4.74 Å². The maximum atomic E-state index is 5.91. The zero-order valence-electron chi connectivity index (χ0n) is 7.31. The van der Waals surface area contributed by atoms with Gasteiger partial charge in [0.25, 0.3) is 0 Å². The summed E-state index contributed by atoms with van der Waals surface area (Å²) in [5.74, 6) is 0. The van der Waals surface area contributed by atoms with E-state index in [9.17, 15) is 0 Å². The van der Waals surface area contributed by atoms with Crippen LogP contribution in [0.4, 0.5) is 0 Å². The van der Waals surface area contributed by atoms with E-state index in [1.807, 2.05) is 0 Å². The first kappa shape index (κ1) is 9.00. The third-order valence-electron chi connectivity index (χ3n) is 3.13. The molecule has 0 atom stereocenters. The van der Waals surface area contributed by atoms with Crippen LogP contribution in [-0.2, 0) is 4.74 Å². The van der Waals surface area contributed by atoms with Crippen LogP contribution < -0.4 is 0 Å². The Labute approximate surface area is 87.7 Å². The van der Waals surface area contributed by atoms with Crippen LogP contribution in [0.2, 0.25) is 0 Å². The summed E-state index contributed by atoms with van der Waals surface area (Å²) in [5.41, 5.74) is 1.75. The van der Waals surface area contributed by atoms with Gasteiger partial charge in [-0.3, -0.25) is 0 Å². The standard InChI is InChI=1S/C10H15IO/c11-8-9-4-7-12-10(9)5-2-1-3-6-10/h8H,1-7H2/b9-8+. The lowest BCUT2D eigenvalue weighted by Gasteiger charge is -2.33. The Morgan fingerprint density at radius 1 is 1.25 bits per heavy atom. The van der Waals surface area contributed by atoms with E-state index in [4.69, 9.17) is 4.74 Å². The molecule has 0 aromatic carbocycles. The molecule has 1 aliphatic heterocycles. The number of hydrogen-bond acceptors (Lipinski definition) is 1. The molecule has 1 aliphatic carbocycles. The molecule has 1 heterocycles. The quantitative estimate of drug-likeness (QED) is 0.617. The van der Waals surface area contributed by atoms with Crippen molar-refractivity contribution in [2.75, 3.05) is 6.61 Å². The van der Waals surface area contributed by atoms with Crippen molar-refractivity contribution in [2.45, 2.75) is 44.1 Å². The second-order valence-electron chi connectivity index (χ2n) is 3.79. The highest BCUT2D eigenvalue weighted by Crippen LogP contribution is 2.43. The van der Waals surface area contributed by atoms with Crippen LogP contribution in [-0.4, -0.2) is 12.2 Å². The van der Waals surface area contributed by atoms with Crippen molar-refractivity contribution in [3.63, 3.8) is 0 Å². The third-order valence-corrected chi connectivity index (χ3v) is 3.88. The van der Waals surface area contributed by atoms with Gasteiger partial charge in [-0.1, -0.05) is 41.9 Å². The minimum absolute atomic E-state index is 0.194. The lowest BCUT2D eigenvalue weighted by molar-refractivity contribution is -0.00379. The van der Waals surface area contributed by atoms with Crippen LogP contribution in [0.3, 0.4) is 0 Å². The molecule has 0 N–H and O–H groups in total. The highest BCUT2D eigenvalue weighted by Gasteiger charge is 2.39. The Kier molecular flexibility index (Phi) is 2.75. The van der Waals surface area contributed by atoms with E-state index in [1.54, 1.807) is 5.57 Å². The summed E-state index contributed by atoms with van der Waals surface area (Å²) < 4.78 is 8.16. The molecule has 0 unspecified atom stereocenters. The molecule has 68 valence electrons. The summed E-state index contributed by atoms with van der Waals surface area (Å²) in [7, 11) is 0. The van der Waals surface area contributed by atoms with Gasteiger partial charge in [0.1, 0.15) is 0 Å². The molecular weight excluding hydrogens is 263 g/mol. The first-order chi connectivity index (χ1) is 5.87. The lowest BCUT2D eigenvalue weighted by atomic mass is 9.80. The molecule has 0 aromatic heterocycles. The number of rotatable bonds is 0. The summed E-state index contributed by atoms with van der Waals surface area (Å²) in [6.45, 7) is 0.953. The van der Waals surface area contributed by atoms with Gasteiger partial charge in [0.15, 0.2) is 0 Å². The van der Waals surface area contributed by atoms with Crippen molar-refractivity contribution in [1.82, 2.24) is 0 Å². The van der Waals surface area contributed by atoms with Crippen LogP contribution >= 0.6 is 22.6 Å². The number of halogens is 1. The number of ether oxygens (including phenoxy) is 1. The molecule has 2 heteroatoms. The molecule has 2 aliphatic rings. The van der Waals surface area contributed by atoms with Crippen molar-refractivity contribution in [3.05, 3.63) is 9.66 Å². The molecule has 0 bridgehead atoms. The van der Waals surface area contributed by atoms with E-state index in [2.05, 4.69) is 26.7 Å². The molecule has 0 radical (unpaired) electrons. The van der Waals surface area contributed by atoms with Gasteiger partial charge in [0.05, 0.1) is 12.2 Å². The second-order valence-corrected chi connectivity index (χ2v) is 4.41. The van der Waals surface area contributed by atoms with Crippen LogP contribution in [0, 0.1) is 0 Å². The predicted octanol–water partition coefficient (Wildman–Crippen LogP) is 3.43. The zero-order chi connectivity index (χ0) is 8.44. The summed E-state index contributed by atoms with van der Waals surface area (Å²) in [5, 5.41) is 0. The van der Waals surface area contributed by atoms with Crippen molar-refractivity contribution in [3.8, 4) is 0 Å². The normalized spacial score (nSPS) is 31.6. The van der Waals surface area contributed by atoms with Gasteiger partial charge in [0.2, 0.25) is 0 Å². The maximum Gasteiger partial charge on any atom is 0.0899 e. The largest absolute Gasteiger partial charge is 0.370 e. The average Bonchev–Trinajstić information content (AvgIpc) is 2.49. The van der Waals surface area contributed by atoms with Crippen molar-refractivity contribution in [1.29, 1.82) is 0 Å². The van der Waals surface area contributed by atoms with Gasteiger partial charge in [-0.2, -0.15) is 0 Å². The Bertz CT molecular complexity index is 192. The van der Waals surface area contributed by atoms with Gasteiger partial charge < -0.3 is 4.74 Å². The van der Waals surface area contributed by atoms with Crippen molar-refractivity contribution in [2.24, 2.45) is 0 Å². The SMILES string of the molecule is I/C=C1\CCOC12CCCCC2. The topological polar surface area (TPSA) is 9.23 Å². The molecule has 0 aromatic rings. The maximum absolute atomic E-state index is 5.91. The van der Waals surface area contributed by atoms with E-state index in [1.165, 1.54) is 38.5 Å². The molecule has 1 spiro atoms. The minimum atomic E-state index is 0.194. The predicted molar refractivity (Wildman–Crippen MR) is 58.5 cm³/mol. The molecule has 0 amide bonds. The van der Waals surface area contributed by atoms with Crippen molar-refractivity contribution >= 4 is 22.6 Å². The smallest absolute Gasteiger partial charge is 0.0899 e. The average molecular weight is 278 g/mol. The van der Waals surface area contributed by atoms with Crippen LogP contribution in [0.15, 0.2) is 9.66 Å². The first-order valence-electron chi connectivity index (χ1n) is 4.81. The molecule has 2 rings (SSSR count). The Morgan fingerprint density at radius 3 is 2.67 bits per heavy atom. The van der Waals surface area contributed by atoms with Gasteiger partial charge in [0, 0.05) is 0 Å². The fraction of sp³-hybridized carbons (Fsp3) is 0.800.